The maximum Gasteiger partial charge on any atom is 0.252 e. The summed E-state index contributed by atoms with van der Waals surface area (Å²) in [6, 6.07) is 6.85. The zero-order valence-corrected chi connectivity index (χ0v) is 18.1. The van der Waals surface area contributed by atoms with Crippen molar-refractivity contribution in [2.45, 2.75) is 53.2 Å². The average Bonchev–Trinajstić information content (AvgIpc) is 3.28. The summed E-state index contributed by atoms with van der Waals surface area (Å²) in [7, 11) is 0. The molecule has 0 atom stereocenters. The van der Waals surface area contributed by atoms with Crippen molar-refractivity contribution < 1.29 is 4.79 Å². The highest BCUT2D eigenvalue weighted by Gasteiger charge is 2.17. The summed E-state index contributed by atoms with van der Waals surface area (Å²) < 4.78 is 1.87. The van der Waals surface area contributed by atoms with Crippen molar-refractivity contribution in [1.82, 2.24) is 25.0 Å². The fraction of sp³-hybridized carbons (Fsp3) is 0.476. The van der Waals surface area contributed by atoms with Gasteiger partial charge in [0.25, 0.3) is 5.91 Å². The number of thiophene rings is 1. The van der Waals surface area contributed by atoms with E-state index in [9.17, 15) is 4.79 Å². The van der Waals surface area contributed by atoms with E-state index >= 15 is 0 Å². The Hall–Kier alpha value is -2.25. The number of fused-ring (bicyclic) bond motifs is 1. The van der Waals surface area contributed by atoms with E-state index in [4.69, 9.17) is 0 Å². The van der Waals surface area contributed by atoms with Crippen molar-refractivity contribution in [1.29, 1.82) is 0 Å². The number of nitrogens with zero attached hydrogens (tertiary/aromatic N) is 4. The molecule has 1 amide bonds. The predicted octanol–water partition coefficient (Wildman–Crippen LogP) is 3.70. The van der Waals surface area contributed by atoms with Crippen LogP contribution in [-0.4, -0.2) is 50.7 Å². The number of carbonyl (C=O) groups excluding carboxylic acids is 1. The van der Waals surface area contributed by atoms with E-state index in [0.717, 1.165) is 23.3 Å². The van der Waals surface area contributed by atoms with Crippen molar-refractivity contribution in [3.05, 3.63) is 45.9 Å². The molecule has 3 aromatic heterocycles. The molecule has 0 unspecified atom stereocenters. The third-order valence-corrected chi connectivity index (χ3v) is 5.71. The molecule has 0 fully saturated rings. The maximum atomic E-state index is 12.9. The summed E-state index contributed by atoms with van der Waals surface area (Å²) in [4.78, 5) is 21.1. The van der Waals surface area contributed by atoms with Crippen molar-refractivity contribution in [2.75, 3.05) is 13.1 Å². The smallest absolute Gasteiger partial charge is 0.252 e. The zero-order chi connectivity index (χ0) is 20.3. The Kier molecular flexibility index (Phi) is 6.46. The Morgan fingerprint density at radius 1 is 1.29 bits per heavy atom. The first-order valence-electron chi connectivity index (χ1n) is 9.76. The van der Waals surface area contributed by atoms with Crippen LogP contribution in [0.3, 0.4) is 0 Å². The summed E-state index contributed by atoms with van der Waals surface area (Å²) in [6.45, 7) is 12.7. The largest absolute Gasteiger partial charge is 0.351 e. The number of carbonyl (C=O) groups is 1. The van der Waals surface area contributed by atoms with Gasteiger partial charge < -0.3 is 5.32 Å². The van der Waals surface area contributed by atoms with Gasteiger partial charge in [0.15, 0.2) is 5.65 Å². The van der Waals surface area contributed by atoms with Crippen LogP contribution >= 0.6 is 11.3 Å². The van der Waals surface area contributed by atoms with Crippen LogP contribution in [0.15, 0.2) is 29.8 Å². The van der Waals surface area contributed by atoms with Gasteiger partial charge in [-0.1, -0.05) is 6.07 Å². The minimum Gasteiger partial charge on any atom is -0.351 e. The molecule has 0 saturated carbocycles. The molecule has 1 N–H and O–H groups in total. The number of nitrogens with one attached hydrogen (secondary N) is 1. The van der Waals surface area contributed by atoms with Crippen LogP contribution in [0.25, 0.3) is 11.0 Å². The molecule has 7 heteroatoms. The second-order valence-corrected chi connectivity index (χ2v) is 8.64. The third kappa shape index (κ3) is 4.59. The van der Waals surface area contributed by atoms with Crippen LogP contribution < -0.4 is 5.32 Å². The number of hydrogen-bond acceptors (Lipinski definition) is 5. The normalized spacial score (nSPS) is 11.9. The fourth-order valence-electron chi connectivity index (χ4n) is 3.53. The highest BCUT2D eigenvalue weighted by atomic mass is 32.1. The molecule has 0 radical (unpaired) electrons. The molecule has 0 saturated heterocycles. The van der Waals surface area contributed by atoms with Crippen LogP contribution in [-0.2, 0) is 6.54 Å². The Morgan fingerprint density at radius 3 is 2.68 bits per heavy atom. The van der Waals surface area contributed by atoms with Gasteiger partial charge in [-0.3, -0.25) is 9.69 Å². The van der Waals surface area contributed by atoms with Gasteiger partial charge in [0.2, 0.25) is 0 Å². The third-order valence-electron chi connectivity index (χ3n) is 4.85. The average molecular weight is 400 g/mol. The lowest BCUT2D eigenvalue weighted by Gasteiger charge is -2.30. The van der Waals surface area contributed by atoms with E-state index in [0.29, 0.717) is 30.7 Å². The SMILES string of the molecule is Cc1cc(C(=O)NCCN(C(C)C)C(C)C)c2cnn(Cc3cccs3)c2n1. The molecule has 3 heterocycles. The molecular formula is C21H29N5OS. The molecule has 0 aromatic carbocycles. The van der Waals surface area contributed by atoms with Crippen LogP contribution in [0.1, 0.15) is 48.6 Å². The maximum absolute atomic E-state index is 12.9. The van der Waals surface area contributed by atoms with Gasteiger partial charge in [-0.05, 0) is 52.1 Å². The minimum absolute atomic E-state index is 0.0707. The van der Waals surface area contributed by atoms with E-state index in [-0.39, 0.29) is 5.91 Å². The van der Waals surface area contributed by atoms with E-state index in [2.05, 4.69) is 59.4 Å². The molecule has 0 bridgehead atoms. The van der Waals surface area contributed by atoms with Gasteiger partial charge in [0.1, 0.15) is 0 Å². The molecule has 150 valence electrons. The quantitative estimate of drug-likeness (QED) is 0.627. The van der Waals surface area contributed by atoms with Gasteiger partial charge in [-0.25, -0.2) is 9.67 Å². The Balaban J connectivity index is 1.77. The van der Waals surface area contributed by atoms with Crippen molar-refractivity contribution in [3.8, 4) is 0 Å². The van der Waals surface area contributed by atoms with E-state index in [1.807, 2.05) is 23.7 Å². The zero-order valence-electron chi connectivity index (χ0n) is 17.3. The fourth-order valence-corrected chi connectivity index (χ4v) is 4.22. The molecule has 28 heavy (non-hydrogen) atoms. The Morgan fingerprint density at radius 2 is 2.04 bits per heavy atom. The lowest BCUT2D eigenvalue weighted by atomic mass is 10.1. The van der Waals surface area contributed by atoms with E-state index < -0.39 is 0 Å². The standard InChI is InChI=1S/C21H29N5OS/c1-14(2)25(15(3)4)9-8-22-21(27)18-11-16(5)24-20-19(18)12-23-26(20)13-17-7-6-10-28-17/h6-7,10-12,14-15H,8-9,13H2,1-5H3,(H,22,27). The predicted molar refractivity (Wildman–Crippen MR) is 115 cm³/mol. The summed E-state index contributed by atoms with van der Waals surface area (Å²) in [5, 5.41) is 10.4. The molecular weight excluding hydrogens is 370 g/mol. The van der Waals surface area contributed by atoms with E-state index in [1.165, 1.54) is 4.88 Å². The van der Waals surface area contributed by atoms with Crippen LogP contribution in [0.2, 0.25) is 0 Å². The topological polar surface area (TPSA) is 63.1 Å². The lowest BCUT2D eigenvalue weighted by Crippen LogP contribution is -2.42. The second-order valence-electron chi connectivity index (χ2n) is 7.61. The number of pyridine rings is 1. The molecule has 0 spiro atoms. The van der Waals surface area contributed by atoms with Gasteiger partial charge in [-0.2, -0.15) is 5.10 Å². The van der Waals surface area contributed by atoms with Gasteiger partial charge in [0.05, 0.1) is 23.7 Å². The van der Waals surface area contributed by atoms with Crippen molar-refractivity contribution >= 4 is 28.3 Å². The number of amides is 1. The number of aromatic nitrogens is 3. The minimum atomic E-state index is -0.0707. The van der Waals surface area contributed by atoms with Gasteiger partial charge in [-0.15, -0.1) is 11.3 Å². The molecule has 0 aliphatic heterocycles. The lowest BCUT2D eigenvalue weighted by molar-refractivity contribution is 0.0941. The van der Waals surface area contributed by atoms with Gasteiger partial charge >= 0.3 is 0 Å². The number of hydrogen-bond donors (Lipinski definition) is 1. The second kappa shape index (κ2) is 8.84. The Labute approximate surface area is 170 Å². The first kappa shape index (κ1) is 20.5. The highest BCUT2D eigenvalue weighted by molar-refractivity contribution is 7.09. The Bertz CT molecular complexity index is 922. The summed E-state index contributed by atoms with van der Waals surface area (Å²) >= 11 is 1.69. The molecule has 6 nitrogen and oxygen atoms in total. The van der Waals surface area contributed by atoms with Crippen LogP contribution in [0, 0.1) is 6.92 Å². The first-order valence-corrected chi connectivity index (χ1v) is 10.6. The number of aryl methyl sites for hydroxylation is 1. The van der Waals surface area contributed by atoms with Crippen LogP contribution in [0.5, 0.6) is 0 Å². The summed E-state index contributed by atoms with van der Waals surface area (Å²) in [6.07, 6.45) is 1.75. The summed E-state index contributed by atoms with van der Waals surface area (Å²) in [5.41, 5.74) is 2.21. The van der Waals surface area contributed by atoms with Crippen molar-refractivity contribution in [2.24, 2.45) is 0 Å². The summed E-state index contributed by atoms with van der Waals surface area (Å²) in [5.74, 6) is -0.0707. The molecule has 3 rings (SSSR count). The molecule has 3 aromatic rings. The number of rotatable bonds is 8. The van der Waals surface area contributed by atoms with Gasteiger partial charge in [0, 0.05) is 35.7 Å². The van der Waals surface area contributed by atoms with Crippen molar-refractivity contribution in [3.63, 3.8) is 0 Å². The highest BCUT2D eigenvalue weighted by Crippen LogP contribution is 2.20. The van der Waals surface area contributed by atoms with E-state index in [1.54, 1.807) is 17.5 Å². The molecule has 0 aliphatic carbocycles. The van der Waals surface area contributed by atoms with Crippen LogP contribution in [0.4, 0.5) is 0 Å². The monoisotopic (exact) mass is 399 g/mol. The molecule has 0 aliphatic rings. The first-order chi connectivity index (χ1) is 13.4.